The first-order valence-corrected chi connectivity index (χ1v) is 10.8. The van der Waals surface area contributed by atoms with Gasteiger partial charge in [-0.2, -0.15) is 4.31 Å². The van der Waals surface area contributed by atoms with Crippen molar-refractivity contribution in [1.29, 1.82) is 0 Å². The zero-order valence-corrected chi connectivity index (χ0v) is 16.5. The largest absolute Gasteiger partial charge is 0.481 e. The van der Waals surface area contributed by atoms with Crippen LogP contribution < -0.4 is 5.32 Å². The molecular formula is C19H28N2O5S. The Labute approximate surface area is 160 Å². The molecule has 0 aromatic heterocycles. The van der Waals surface area contributed by atoms with E-state index in [2.05, 4.69) is 12.2 Å². The summed E-state index contributed by atoms with van der Waals surface area (Å²) in [6.07, 6.45) is 4.08. The molecule has 2 rings (SSSR count). The van der Waals surface area contributed by atoms with Crippen LogP contribution in [0.15, 0.2) is 29.2 Å². The molecule has 0 bridgehead atoms. The van der Waals surface area contributed by atoms with Crippen molar-refractivity contribution in [1.82, 2.24) is 9.62 Å². The van der Waals surface area contributed by atoms with E-state index in [0.717, 1.165) is 19.3 Å². The van der Waals surface area contributed by atoms with Gasteiger partial charge in [0.15, 0.2) is 0 Å². The number of sulfonamides is 1. The highest BCUT2D eigenvalue weighted by molar-refractivity contribution is 7.89. The third-order valence-corrected chi connectivity index (χ3v) is 6.61. The molecule has 1 aliphatic heterocycles. The van der Waals surface area contributed by atoms with Gasteiger partial charge in [-0.15, -0.1) is 0 Å². The molecule has 1 fully saturated rings. The average Bonchev–Trinajstić information content (AvgIpc) is 2.64. The number of unbranched alkanes of at least 4 members (excludes halogenated alkanes) is 2. The summed E-state index contributed by atoms with van der Waals surface area (Å²) < 4.78 is 27.0. The number of hydrogen-bond donors (Lipinski definition) is 2. The van der Waals surface area contributed by atoms with E-state index in [9.17, 15) is 18.0 Å². The van der Waals surface area contributed by atoms with Gasteiger partial charge >= 0.3 is 5.97 Å². The van der Waals surface area contributed by atoms with Crippen LogP contribution in [0.25, 0.3) is 0 Å². The van der Waals surface area contributed by atoms with Crippen LogP contribution in [0.3, 0.4) is 0 Å². The Morgan fingerprint density at radius 3 is 2.52 bits per heavy atom. The fraction of sp³-hybridized carbons (Fsp3) is 0.579. The lowest BCUT2D eigenvalue weighted by Gasteiger charge is -2.30. The Morgan fingerprint density at radius 2 is 1.89 bits per heavy atom. The molecule has 1 aromatic carbocycles. The molecule has 7 nitrogen and oxygen atoms in total. The van der Waals surface area contributed by atoms with Crippen molar-refractivity contribution in [3.05, 3.63) is 29.8 Å². The minimum absolute atomic E-state index is 0.139. The number of piperidine rings is 1. The van der Waals surface area contributed by atoms with E-state index in [1.54, 1.807) is 0 Å². The van der Waals surface area contributed by atoms with E-state index < -0.39 is 16.0 Å². The van der Waals surface area contributed by atoms with E-state index in [4.69, 9.17) is 5.11 Å². The van der Waals surface area contributed by atoms with Crippen LogP contribution in [0.5, 0.6) is 0 Å². The summed E-state index contributed by atoms with van der Waals surface area (Å²) in [4.78, 5) is 22.8. The topological polar surface area (TPSA) is 104 Å². The average molecular weight is 397 g/mol. The summed E-state index contributed by atoms with van der Waals surface area (Å²) in [5.74, 6) is -0.717. The van der Waals surface area contributed by atoms with E-state index in [-0.39, 0.29) is 17.2 Å². The highest BCUT2D eigenvalue weighted by Crippen LogP contribution is 2.23. The van der Waals surface area contributed by atoms with E-state index in [0.29, 0.717) is 44.0 Å². The van der Waals surface area contributed by atoms with Crippen LogP contribution in [0.4, 0.5) is 0 Å². The Morgan fingerprint density at radius 1 is 1.19 bits per heavy atom. The maximum absolute atomic E-state index is 12.7. The second-order valence-corrected chi connectivity index (χ2v) is 9.03. The Balaban J connectivity index is 1.86. The lowest BCUT2D eigenvalue weighted by Crippen LogP contribution is -2.39. The van der Waals surface area contributed by atoms with Gasteiger partial charge in [-0.3, -0.25) is 9.59 Å². The number of carboxylic acids is 1. The van der Waals surface area contributed by atoms with Gasteiger partial charge < -0.3 is 10.4 Å². The molecule has 1 amide bonds. The third kappa shape index (κ3) is 6.32. The van der Waals surface area contributed by atoms with Crippen molar-refractivity contribution < 1.29 is 23.1 Å². The molecule has 0 radical (unpaired) electrons. The van der Waals surface area contributed by atoms with Crippen LogP contribution in [0.2, 0.25) is 0 Å². The lowest BCUT2D eigenvalue weighted by molar-refractivity contribution is -0.137. The number of carbonyl (C=O) groups is 2. The molecule has 8 heteroatoms. The van der Waals surface area contributed by atoms with Crippen LogP contribution in [-0.4, -0.2) is 49.3 Å². The number of benzene rings is 1. The summed E-state index contributed by atoms with van der Waals surface area (Å²) in [6.45, 7) is 3.59. The van der Waals surface area contributed by atoms with Gasteiger partial charge in [-0.1, -0.05) is 13.3 Å². The standard InChI is InChI=1S/C19H28N2O5S/c1-15-6-5-13-21(14-15)27(25,26)17-10-8-16(9-11-17)19(24)20-12-4-2-3-7-18(22)23/h8-11,15H,2-7,12-14H2,1H3,(H,20,24)(H,22,23). The first-order chi connectivity index (χ1) is 12.8. The van der Waals surface area contributed by atoms with Gasteiger partial charge in [0.25, 0.3) is 5.91 Å². The van der Waals surface area contributed by atoms with E-state index in [1.165, 1.54) is 28.6 Å². The molecule has 0 saturated carbocycles. The van der Waals surface area contributed by atoms with Gasteiger partial charge in [-0.25, -0.2) is 8.42 Å². The normalized spacial score (nSPS) is 18.2. The molecule has 1 unspecified atom stereocenters. The van der Waals surface area contributed by atoms with Crippen molar-refractivity contribution >= 4 is 21.9 Å². The Hall–Kier alpha value is -1.93. The van der Waals surface area contributed by atoms with E-state index in [1.807, 2.05) is 0 Å². The van der Waals surface area contributed by atoms with Crippen molar-refractivity contribution in [2.45, 2.75) is 50.3 Å². The quantitative estimate of drug-likeness (QED) is 0.624. The Kier molecular flexibility index (Phi) is 7.79. The lowest BCUT2D eigenvalue weighted by atomic mass is 10.0. The highest BCUT2D eigenvalue weighted by Gasteiger charge is 2.28. The third-order valence-electron chi connectivity index (χ3n) is 4.73. The van der Waals surface area contributed by atoms with Gasteiger partial charge in [-0.05, 0) is 55.9 Å². The SMILES string of the molecule is CC1CCCN(S(=O)(=O)c2ccc(C(=O)NCCCCCC(=O)O)cc2)C1. The summed E-state index contributed by atoms with van der Waals surface area (Å²) in [5, 5.41) is 11.3. The van der Waals surface area contributed by atoms with Gasteiger partial charge in [0.2, 0.25) is 10.0 Å². The molecule has 1 aromatic rings. The number of aliphatic carboxylic acids is 1. The van der Waals surface area contributed by atoms with Gasteiger partial charge in [0.05, 0.1) is 4.90 Å². The number of carboxylic acid groups (broad SMARTS) is 1. The number of nitrogens with zero attached hydrogens (tertiary/aromatic N) is 1. The van der Waals surface area contributed by atoms with Crippen molar-refractivity contribution in [2.75, 3.05) is 19.6 Å². The number of nitrogens with one attached hydrogen (secondary N) is 1. The van der Waals surface area contributed by atoms with Gasteiger partial charge in [0.1, 0.15) is 0 Å². The number of carbonyl (C=O) groups excluding carboxylic acids is 1. The Bertz CT molecular complexity index is 746. The molecule has 0 aliphatic carbocycles. The molecule has 1 aliphatic rings. The molecular weight excluding hydrogens is 368 g/mol. The maximum Gasteiger partial charge on any atom is 0.303 e. The van der Waals surface area contributed by atoms with Crippen molar-refractivity contribution in [2.24, 2.45) is 5.92 Å². The van der Waals surface area contributed by atoms with Crippen LogP contribution in [-0.2, 0) is 14.8 Å². The maximum atomic E-state index is 12.7. The number of amides is 1. The smallest absolute Gasteiger partial charge is 0.303 e. The zero-order valence-electron chi connectivity index (χ0n) is 15.7. The number of hydrogen-bond acceptors (Lipinski definition) is 4. The van der Waals surface area contributed by atoms with Crippen LogP contribution in [0.1, 0.15) is 55.8 Å². The summed E-state index contributed by atoms with van der Waals surface area (Å²) in [5.41, 5.74) is 0.409. The minimum atomic E-state index is -3.52. The number of rotatable bonds is 9. The predicted octanol–water partition coefficient (Wildman–Crippen LogP) is 2.48. The van der Waals surface area contributed by atoms with Gasteiger partial charge in [0, 0.05) is 31.6 Å². The minimum Gasteiger partial charge on any atom is -0.481 e. The van der Waals surface area contributed by atoms with Crippen LogP contribution >= 0.6 is 0 Å². The molecule has 150 valence electrons. The monoisotopic (exact) mass is 396 g/mol. The predicted molar refractivity (Wildman–Crippen MR) is 102 cm³/mol. The highest BCUT2D eigenvalue weighted by atomic mass is 32.2. The molecule has 27 heavy (non-hydrogen) atoms. The summed E-state index contributed by atoms with van der Waals surface area (Å²) >= 11 is 0. The first-order valence-electron chi connectivity index (χ1n) is 9.41. The molecule has 1 heterocycles. The zero-order chi connectivity index (χ0) is 19.9. The van der Waals surface area contributed by atoms with Crippen molar-refractivity contribution in [3.8, 4) is 0 Å². The first kappa shape index (κ1) is 21.4. The van der Waals surface area contributed by atoms with E-state index >= 15 is 0 Å². The molecule has 1 atom stereocenters. The fourth-order valence-electron chi connectivity index (χ4n) is 3.17. The molecule has 1 saturated heterocycles. The molecule has 0 spiro atoms. The second kappa shape index (κ2) is 9.85. The summed E-state index contributed by atoms with van der Waals surface area (Å²) in [7, 11) is -3.52. The summed E-state index contributed by atoms with van der Waals surface area (Å²) in [6, 6.07) is 6.02. The van der Waals surface area contributed by atoms with Crippen LogP contribution in [0, 0.1) is 5.92 Å². The fourth-order valence-corrected chi connectivity index (χ4v) is 4.77. The molecule has 2 N–H and O–H groups in total. The second-order valence-electron chi connectivity index (χ2n) is 7.10. The van der Waals surface area contributed by atoms with Crippen molar-refractivity contribution in [3.63, 3.8) is 0 Å².